The maximum absolute atomic E-state index is 13.4. The maximum Gasteiger partial charge on any atom is 0.136 e. The fourth-order valence-corrected chi connectivity index (χ4v) is 2.88. The predicted octanol–water partition coefficient (Wildman–Crippen LogP) is 3.14. The van der Waals surface area contributed by atoms with Gasteiger partial charge in [0.25, 0.3) is 0 Å². The van der Waals surface area contributed by atoms with Crippen LogP contribution in [-0.4, -0.2) is 20.2 Å². The number of methoxy groups -OCH3 is 1. The number of rotatable bonds is 3. The van der Waals surface area contributed by atoms with E-state index in [9.17, 15) is 4.39 Å². The number of halogens is 2. The first-order valence-electron chi connectivity index (χ1n) is 5.93. The van der Waals surface area contributed by atoms with E-state index in [2.05, 4.69) is 21.2 Å². The fourth-order valence-electron chi connectivity index (χ4n) is 2.32. The molecule has 1 aromatic carbocycles. The molecule has 0 amide bonds. The third-order valence-electron chi connectivity index (χ3n) is 3.21. The van der Waals surface area contributed by atoms with Crippen LogP contribution >= 0.6 is 15.9 Å². The van der Waals surface area contributed by atoms with Gasteiger partial charge in [0.1, 0.15) is 11.6 Å². The highest BCUT2D eigenvalue weighted by Crippen LogP contribution is 2.32. The number of hydrogen-bond donors (Lipinski definition) is 1. The van der Waals surface area contributed by atoms with Gasteiger partial charge in [-0.25, -0.2) is 4.39 Å². The van der Waals surface area contributed by atoms with Crippen molar-refractivity contribution in [3.05, 3.63) is 28.0 Å². The quantitative estimate of drug-likeness (QED) is 0.926. The highest BCUT2D eigenvalue weighted by molar-refractivity contribution is 9.10. The molecular weight excluding hydrogens is 285 g/mol. The third-order valence-corrected chi connectivity index (χ3v) is 4.11. The Bertz CT molecular complexity index is 391. The van der Waals surface area contributed by atoms with Gasteiger partial charge in [0.15, 0.2) is 0 Å². The lowest BCUT2D eigenvalue weighted by Gasteiger charge is -2.23. The number of ether oxygens (including phenoxy) is 1. The Morgan fingerprint density at radius 2 is 2.35 bits per heavy atom. The zero-order chi connectivity index (χ0) is 12.3. The summed E-state index contributed by atoms with van der Waals surface area (Å²) >= 11 is 3.49. The Hall–Kier alpha value is -0.610. The highest BCUT2D eigenvalue weighted by atomic mass is 79.9. The van der Waals surface area contributed by atoms with Crippen LogP contribution in [0.4, 0.5) is 4.39 Å². The minimum Gasteiger partial charge on any atom is -0.495 e. The average Bonchev–Trinajstić information content (AvgIpc) is 2.34. The van der Waals surface area contributed by atoms with Gasteiger partial charge < -0.3 is 10.1 Å². The summed E-state index contributed by atoms with van der Waals surface area (Å²) in [6.07, 6.45) is 3.30. The van der Waals surface area contributed by atoms with E-state index in [1.54, 1.807) is 13.2 Å². The van der Waals surface area contributed by atoms with Gasteiger partial charge in [0.2, 0.25) is 0 Å². The van der Waals surface area contributed by atoms with Crippen LogP contribution in [0.3, 0.4) is 0 Å². The Morgan fingerprint density at radius 3 is 3.00 bits per heavy atom. The minimum absolute atomic E-state index is 0.233. The molecule has 1 aliphatic rings. The average molecular weight is 302 g/mol. The normalized spacial score (nSPS) is 20.3. The van der Waals surface area contributed by atoms with E-state index in [1.807, 2.05) is 0 Å². The summed E-state index contributed by atoms with van der Waals surface area (Å²) in [6.45, 7) is 2.12. The standard InChI is InChI=1S/C13H17BrFNO/c1-17-12-7-11(15)6-10(13(12)14)5-9-3-2-4-16-8-9/h6-7,9,16H,2-5,8H2,1H3. The van der Waals surface area contributed by atoms with Gasteiger partial charge in [0.05, 0.1) is 11.6 Å². The van der Waals surface area contributed by atoms with Crippen molar-refractivity contribution < 1.29 is 9.13 Å². The summed E-state index contributed by atoms with van der Waals surface area (Å²) < 4.78 is 19.5. The first kappa shape index (κ1) is 12.8. The monoisotopic (exact) mass is 301 g/mol. The molecule has 4 heteroatoms. The van der Waals surface area contributed by atoms with Gasteiger partial charge in [-0.2, -0.15) is 0 Å². The molecule has 1 saturated heterocycles. The zero-order valence-electron chi connectivity index (χ0n) is 9.93. The van der Waals surface area contributed by atoms with E-state index in [-0.39, 0.29) is 5.82 Å². The zero-order valence-corrected chi connectivity index (χ0v) is 11.5. The second kappa shape index (κ2) is 5.83. The number of hydrogen-bond acceptors (Lipinski definition) is 2. The van der Waals surface area contributed by atoms with E-state index in [0.29, 0.717) is 11.7 Å². The largest absolute Gasteiger partial charge is 0.495 e. The Labute approximate surface area is 110 Å². The molecule has 0 saturated carbocycles. The molecule has 0 spiro atoms. The molecule has 0 aromatic heterocycles. The van der Waals surface area contributed by atoms with Crippen molar-refractivity contribution in [2.24, 2.45) is 5.92 Å². The van der Waals surface area contributed by atoms with Gasteiger partial charge in [0, 0.05) is 6.07 Å². The van der Waals surface area contributed by atoms with E-state index < -0.39 is 0 Å². The number of piperidine rings is 1. The van der Waals surface area contributed by atoms with Gasteiger partial charge in [-0.05, 0) is 65.8 Å². The molecule has 1 aliphatic heterocycles. The first-order chi connectivity index (χ1) is 8.20. The Balaban J connectivity index is 2.16. The Morgan fingerprint density at radius 1 is 1.53 bits per heavy atom. The third kappa shape index (κ3) is 3.19. The summed E-state index contributed by atoms with van der Waals surface area (Å²) in [7, 11) is 1.56. The van der Waals surface area contributed by atoms with Crippen LogP contribution in [0.15, 0.2) is 16.6 Å². The lowest BCUT2D eigenvalue weighted by atomic mass is 9.92. The molecule has 0 radical (unpaired) electrons. The first-order valence-corrected chi connectivity index (χ1v) is 6.72. The van der Waals surface area contributed by atoms with Gasteiger partial charge in [-0.3, -0.25) is 0 Å². The van der Waals surface area contributed by atoms with Crippen LogP contribution < -0.4 is 10.1 Å². The molecule has 1 atom stereocenters. The van der Waals surface area contributed by atoms with Crippen molar-refractivity contribution in [1.82, 2.24) is 5.32 Å². The van der Waals surface area contributed by atoms with Gasteiger partial charge >= 0.3 is 0 Å². The van der Waals surface area contributed by atoms with E-state index in [4.69, 9.17) is 4.74 Å². The van der Waals surface area contributed by atoms with Crippen LogP contribution in [0.1, 0.15) is 18.4 Å². The van der Waals surface area contributed by atoms with Crippen molar-refractivity contribution >= 4 is 15.9 Å². The summed E-state index contributed by atoms with van der Waals surface area (Å²) in [6, 6.07) is 3.01. The van der Waals surface area contributed by atoms with Crippen molar-refractivity contribution in [2.45, 2.75) is 19.3 Å². The van der Waals surface area contributed by atoms with Crippen LogP contribution in [0.5, 0.6) is 5.75 Å². The highest BCUT2D eigenvalue weighted by Gasteiger charge is 2.17. The maximum atomic E-state index is 13.4. The molecule has 2 nitrogen and oxygen atoms in total. The van der Waals surface area contributed by atoms with Crippen LogP contribution in [0.2, 0.25) is 0 Å². The summed E-state index contributed by atoms with van der Waals surface area (Å²) in [5.74, 6) is 0.930. The molecule has 1 fully saturated rings. The molecule has 17 heavy (non-hydrogen) atoms. The van der Waals surface area contributed by atoms with Gasteiger partial charge in [-0.15, -0.1) is 0 Å². The lowest BCUT2D eigenvalue weighted by Crippen LogP contribution is -2.30. The topological polar surface area (TPSA) is 21.3 Å². The number of nitrogens with one attached hydrogen (secondary N) is 1. The van der Waals surface area contributed by atoms with Crippen LogP contribution in [0.25, 0.3) is 0 Å². The van der Waals surface area contributed by atoms with Crippen LogP contribution in [0, 0.1) is 11.7 Å². The SMILES string of the molecule is COc1cc(F)cc(CC2CCCNC2)c1Br. The Kier molecular flexibility index (Phi) is 4.40. The second-order valence-electron chi connectivity index (χ2n) is 4.50. The van der Waals surface area contributed by atoms with Crippen molar-refractivity contribution in [2.75, 3.05) is 20.2 Å². The lowest BCUT2D eigenvalue weighted by molar-refractivity contribution is 0.372. The summed E-state index contributed by atoms with van der Waals surface area (Å²) in [4.78, 5) is 0. The van der Waals surface area contributed by atoms with E-state index >= 15 is 0 Å². The van der Waals surface area contributed by atoms with E-state index in [0.717, 1.165) is 29.5 Å². The fraction of sp³-hybridized carbons (Fsp3) is 0.538. The molecule has 0 bridgehead atoms. The summed E-state index contributed by atoms with van der Waals surface area (Å²) in [5.41, 5.74) is 0.996. The molecule has 1 N–H and O–H groups in total. The molecule has 2 rings (SSSR count). The van der Waals surface area contributed by atoms with Crippen molar-refractivity contribution in [3.8, 4) is 5.75 Å². The molecule has 1 heterocycles. The number of benzene rings is 1. The predicted molar refractivity (Wildman–Crippen MR) is 69.9 cm³/mol. The van der Waals surface area contributed by atoms with E-state index in [1.165, 1.54) is 18.9 Å². The van der Waals surface area contributed by atoms with Crippen molar-refractivity contribution in [1.29, 1.82) is 0 Å². The molecular formula is C13H17BrFNO. The smallest absolute Gasteiger partial charge is 0.136 e. The molecule has 1 unspecified atom stereocenters. The molecule has 94 valence electrons. The molecule has 1 aromatic rings. The van der Waals surface area contributed by atoms with Crippen LogP contribution in [-0.2, 0) is 6.42 Å². The van der Waals surface area contributed by atoms with Gasteiger partial charge in [-0.1, -0.05) is 0 Å². The second-order valence-corrected chi connectivity index (χ2v) is 5.29. The summed E-state index contributed by atoms with van der Waals surface area (Å²) in [5, 5.41) is 3.38. The molecule has 0 aliphatic carbocycles. The van der Waals surface area contributed by atoms with Crippen molar-refractivity contribution in [3.63, 3.8) is 0 Å². The minimum atomic E-state index is -0.233.